The van der Waals surface area contributed by atoms with Gasteiger partial charge in [0.1, 0.15) is 5.82 Å². The third-order valence-electron chi connectivity index (χ3n) is 2.84. The van der Waals surface area contributed by atoms with Crippen LogP contribution < -0.4 is 0 Å². The smallest absolute Gasteiger partial charge is 0.200 e. The Kier molecular flexibility index (Phi) is 4.60. The fourth-order valence-electron chi connectivity index (χ4n) is 1.97. The number of methoxy groups -OCH3 is 2. The standard InChI is InChI=1S/C15H18N2O2/c1-11-5-4-6-12(9-11)10-14-16-8-7-13(17-14)15(18-2)19-3/h4-9,15H,10H2,1-3H3. The van der Waals surface area contributed by atoms with Crippen LogP contribution in [0.3, 0.4) is 0 Å². The van der Waals surface area contributed by atoms with Gasteiger partial charge in [-0.3, -0.25) is 0 Å². The van der Waals surface area contributed by atoms with Crippen molar-refractivity contribution in [1.82, 2.24) is 9.97 Å². The molecule has 0 saturated carbocycles. The Hall–Kier alpha value is -1.78. The normalized spacial score (nSPS) is 10.9. The van der Waals surface area contributed by atoms with Gasteiger partial charge < -0.3 is 9.47 Å². The first kappa shape index (κ1) is 13.6. The van der Waals surface area contributed by atoms with Crippen molar-refractivity contribution in [1.29, 1.82) is 0 Å². The molecule has 2 rings (SSSR count). The van der Waals surface area contributed by atoms with Gasteiger partial charge in [-0.25, -0.2) is 9.97 Å². The Labute approximate surface area is 113 Å². The van der Waals surface area contributed by atoms with E-state index in [1.165, 1.54) is 11.1 Å². The number of rotatable bonds is 5. The van der Waals surface area contributed by atoms with Gasteiger partial charge in [0, 0.05) is 26.8 Å². The fourth-order valence-corrected chi connectivity index (χ4v) is 1.97. The number of aryl methyl sites for hydroxylation is 1. The molecule has 4 nitrogen and oxygen atoms in total. The van der Waals surface area contributed by atoms with Crippen molar-refractivity contribution in [3.8, 4) is 0 Å². The molecule has 2 aromatic rings. The number of benzene rings is 1. The van der Waals surface area contributed by atoms with E-state index in [2.05, 4.69) is 35.1 Å². The molecule has 0 aliphatic heterocycles. The Bertz CT molecular complexity index is 539. The topological polar surface area (TPSA) is 44.2 Å². The van der Waals surface area contributed by atoms with Gasteiger partial charge in [-0.1, -0.05) is 29.8 Å². The van der Waals surface area contributed by atoms with Gasteiger partial charge in [0.05, 0.1) is 5.69 Å². The maximum absolute atomic E-state index is 5.20. The minimum atomic E-state index is -0.445. The fraction of sp³-hybridized carbons (Fsp3) is 0.333. The predicted molar refractivity (Wildman–Crippen MR) is 72.8 cm³/mol. The molecule has 100 valence electrons. The highest BCUT2D eigenvalue weighted by atomic mass is 16.7. The first-order chi connectivity index (χ1) is 9.22. The molecule has 0 aliphatic carbocycles. The van der Waals surface area contributed by atoms with E-state index in [1.54, 1.807) is 26.5 Å². The summed E-state index contributed by atoms with van der Waals surface area (Å²) in [4.78, 5) is 8.77. The van der Waals surface area contributed by atoms with E-state index in [0.29, 0.717) is 6.42 Å². The summed E-state index contributed by atoms with van der Waals surface area (Å²) in [7, 11) is 3.19. The molecule has 0 atom stereocenters. The maximum Gasteiger partial charge on any atom is 0.200 e. The second kappa shape index (κ2) is 6.41. The summed E-state index contributed by atoms with van der Waals surface area (Å²) in [6, 6.07) is 10.1. The van der Waals surface area contributed by atoms with E-state index in [9.17, 15) is 0 Å². The van der Waals surface area contributed by atoms with Gasteiger partial charge >= 0.3 is 0 Å². The Morgan fingerprint density at radius 3 is 2.63 bits per heavy atom. The summed E-state index contributed by atoms with van der Waals surface area (Å²) in [6.07, 6.45) is 1.99. The van der Waals surface area contributed by atoms with Crippen LogP contribution in [0.1, 0.15) is 28.9 Å². The van der Waals surface area contributed by atoms with Crippen LogP contribution in [0.15, 0.2) is 36.5 Å². The summed E-state index contributed by atoms with van der Waals surface area (Å²) in [6.45, 7) is 2.08. The lowest BCUT2D eigenvalue weighted by atomic mass is 10.1. The van der Waals surface area contributed by atoms with Crippen molar-refractivity contribution in [3.05, 3.63) is 59.2 Å². The Balaban J connectivity index is 2.19. The summed E-state index contributed by atoms with van der Waals surface area (Å²) in [5, 5.41) is 0. The summed E-state index contributed by atoms with van der Waals surface area (Å²) in [5.41, 5.74) is 3.17. The van der Waals surface area contributed by atoms with Crippen molar-refractivity contribution in [2.24, 2.45) is 0 Å². The molecule has 0 fully saturated rings. The number of ether oxygens (including phenoxy) is 2. The molecule has 0 unspecified atom stereocenters. The molecular weight excluding hydrogens is 240 g/mol. The molecule has 0 aliphatic rings. The Morgan fingerprint density at radius 1 is 1.16 bits per heavy atom. The molecule has 0 saturated heterocycles. The van der Waals surface area contributed by atoms with Crippen LogP contribution in [0.2, 0.25) is 0 Å². The molecule has 0 N–H and O–H groups in total. The van der Waals surface area contributed by atoms with E-state index < -0.39 is 6.29 Å². The lowest BCUT2D eigenvalue weighted by Gasteiger charge is -2.13. The number of aromatic nitrogens is 2. The van der Waals surface area contributed by atoms with Crippen LogP contribution in [0.5, 0.6) is 0 Å². The van der Waals surface area contributed by atoms with E-state index in [-0.39, 0.29) is 0 Å². The third-order valence-corrected chi connectivity index (χ3v) is 2.84. The third kappa shape index (κ3) is 3.59. The molecule has 0 radical (unpaired) electrons. The zero-order valence-electron chi connectivity index (χ0n) is 11.5. The van der Waals surface area contributed by atoms with Gasteiger partial charge in [0.15, 0.2) is 0 Å². The molecule has 1 aromatic carbocycles. The highest BCUT2D eigenvalue weighted by Crippen LogP contribution is 2.15. The van der Waals surface area contributed by atoms with Crippen LogP contribution in [0.4, 0.5) is 0 Å². The monoisotopic (exact) mass is 258 g/mol. The molecule has 0 amide bonds. The van der Waals surface area contributed by atoms with E-state index in [4.69, 9.17) is 9.47 Å². The second-order valence-corrected chi connectivity index (χ2v) is 4.37. The quantitative estimate of drug-likeness (QED) is 0.773. The zero-order chi connectivity index (χ0) is 13.7. The highest BCUT2D eigenvalue weighted by Gasteiger charge is 2.11. The van der Waals surface area contributed by atoms with E-state index in [0.717, 1.165) is 11.5 Å². The largest absolute Gasteiger partial charge is 0.350 e. The molecule has 19 heavy (non-hydrogen) atoms. The van der Waals surface area contributed by atoms with Crippen LogP contribution in [-0.2, 0) is 15.9 Å². The first-order valence-electron chi connectivity index (χ1n) is 6.16. The van der Waals surface area contributed by atoms with Crippen molar-refractivity contribution >= 4 is 0 Å². The highest BCUT2D eigenvalue weighted by molar-refractivity contribution is 5.25. The van der Waals surface area contributed by atoms with Crippen molar-refractivity contribution in [3.63, 3.8) is 0 Å². The molecule has 0 spiro atoms. The van der Waals surface area contributed by atoms with Crippen LogP contribution in [-0.4, -0.2) is 24.2 Å². The maximum atomic E-state index is 5.20. The van der Waals surface area contributed by atoms with Gasteiger partial charge in [0.25, 0.3) is 0 Å². The number of hydrogen-bond acceptors (Lipinski definition) is 4. The second-order valence-electron chi connectivity index (χ2n) is 4.37. The zero-order valence-corrected chi connectivity index (χ0v) is 11.5. The average Bonchev–Trinajstić information content (AvgIpc) is 2.41. The number of nitrogens with zero attached hydrogens (tertiary/aromatic N) is 2. The van der Waals surface area contributed by atoms with Gasteiger partial charge in [0.2, 0.25) is 6.29 Å². The lowest BCUT2D eigenvalue weighted by Crippen LogP contribution is -2.08. The van der Waals surface area contributed by atoms with E-state index in [1.807, 2.05) is 6.07 Å². The summed E-state index contributed by atoms with van der Waals surface area (Å²) >= 11 is 0. The van der Waals surface area contributed by atoms with Crippen LogP contribution in [0, 0.1) is 6.92 Å². The molecule has 1 heterocycles. The SMILES string of the molecule is COC(OC)c1ccnc(Cc2cccc(C)c2)n1. The number of hydrogen-bond donors (Lipinski definition) is 0. The molecule has 0 bridgehead atoms. The predicted octanol–water partition coefficient (Wildman–Crippen LogP) is 2.67. The van der Waals surface area contributed by atoms with Gasteiger partial charge in [-0.15, -0.1) is 0 Å². The molecule has 1 aromatic heterocycles. The average molecular weight is 258 g/mol. The summed E-state index contributed by atoms with van der Waals surface area (Å²) in [5.74, 6) is 0.766. The van der Waals surface area contributed by atoms with Crippen LogP contribution >= 0.6 is 0 Å². The summed E-state index contributed by atoms with van der Waals surface area (Å²) < 4.78 is 10.4. The lowest BCUT2D eigenvalue weighted by molar-refractivity contribution is -0.108. The van der Waals surface area contributed by atoms with Crippen molar-refractivity contribution in [2.75, 3.05) is 14.2 Å². The van der Waals surface area contributed by atoms with Crippen LogP contribution in [0.25, 0.3) is 0 Å². The Morgan fingerprint density at radius 2 is 1.95 bits per heavy atom. The van der Waals surface area contributed by atoms with E-state index >= 15 is 0 Å². The van der Waals surface area contributed by atoms with Crippen molar-refractivity contribution < 1.29 is 9.47 Å². The minimum Gasteiger partial charge on any atom is -0.350 e. The minimum absolute atomic E-state index is 0.445. The molecule has 4 heteroatoms. The first-order valence-corrected chi connectivity index (χ1v) is 6.16. The van der Waals surface area contributed by atoms with Crippen molar-refractivity contribution in [2.45, 2.75) is 19.6 Å². The van der Waals surface area contributed by atoms with Gasteiger partial charge in [-0.05, 0) is 18.6 Å². The van der Waals surface area contributed by atoms with Gasteiger partial charge in [-0.2, -0.15) is 0 Å². The molecular formula is C15H18N2O2.